The molecule has 10 heteroatoms. The zero-order valence-electron chi connectivity index (χ0n) is 18.1. The highest BCUT2D eigenvalue weighted by atomic mass is 19.4. The smallest absolute Gasteiger partial charge is 0.363 e. The van der Waals surface area contributed by atoms with Crippen LogP contribution in [0.25, 0.3) is 5.69 Å². The van der Waals surface area contributed by atoms with E-state index in [2.05, 4.69) is 20.8 Å². The molecule has 0 unspecified atom stereocenters. The number of nitrogens with zero attached hydrogens (tertiary/aromatic N) is 4. The SMILES string of the molecule is Cc1cc(NC(=O)c2cnn3c2N[C@H](c2ccccc2)C[C@H]3C(F)(F)F)n(-c2ccccc2)n1. The van der Waals surface area contributed by atoms with Crippen molar-refractivity contribution in [2.75, 3.05) is 10.6 Å². The minimum atomic E-state index is -4.52. The lowest BCUT2D eigenvalue weighted by molar-refractivity contribution is -0.173. The van der Waals surface area contributed by atoms with E-state index in [-0.39, 0.29) is 17.8 Å². The van der Waals surface area contributed by atoms with Gasteiger partial charge in [-0.3, -0.25) is 4.79 Å². The number of hydrogen-bond acceptors (Lipinski definition) is 4. The zero-order chi connectivity index (χ0) is 23.9. The van der Waals surface area contributed by atoms with Crippen molar-refractivity contribution in [2.24, 2.45) is 0 Å². The fourth-order valence-electron chi connectivity index (χ4n) is 4.17. The van der Waals surface area contributed by atoms with Gasteiger partial charge in [-0.1, -0.05) is 48.5 Å². The van der Waals surface area contributed by atoms with Gasteiger partial charge in [0, 0.05) is 12.5 Å². The quantitative estimate of drug-likeness (QED) is 0.429. The van der Waals surface area contributed by atoms with Crippen LogP contribution >= 0.6 is 0 Å². The summed E-state index contributed by atoms with van der Waals surface area (Å²) < 4.78 is 44.2. The van der Waals surface area contributed by atoms with E-state index in [4.69, 9.17) is 0 Å². The number of halogens is 3. The molecule has 1 aliphatic rings. The molecule has 2 aromatic heterocycles. The number of anilines is 2. The Hall–Kier alpha value is -4.08. The predicted molar refractivity (Wildman–Crippen MR) is 121 cm³/mol. The molecule has 5 rings (SSSR count). The van der Waals surface area contributed by atoms with Gasteiger partial charge in [-0.05, 0) is 24.6 Å². The lowest BCUT2D eigenvalue weighted by Crippen LogP contribution is -2.36. The number of alkyl halides is 3. The minimum Gasteiger partial charge on any atom is -0.363 e. The van der Waals surface area contributed by atoms with Gasteiger partial charge in [-0.2, -0.15) is 23.4 Å². The molecule has 0 aliphatic carbocycles. The van der Waals surface area contributed by atoms with Crippen LogP contribution in [0, 0.1) is 6.92 Å². The molecule has 0 saturated heterocycles. The molecule has 2 aromatic carbocycles. The van der Waals surface area contributed by atoms with Crippen molar-refractivity contribution < 1.29 is 18.0 Å². The Morgan fingerprint density at radius 1 is 1.09 bits per heavy atom. The molecule has 1 amide bonds. The number of amides is 1. The fourth-order valence-corrected chi connectivity index (χ4v) is 4.17. The lowest BCUT2D eigenvalue weighted by Gasteiger charge is -2.34. The van der Waals surface area contributed by atoms with E-state index in [9.17, 15) is 18.0 Å². The standard InChI is InChI=1S/C24H21F3N6O/c1-15-12-21(32(31-15)17-10-6-3-7-11-17)30-23(34)18-14-28-33-20(24(25,26)27)13-19(29-22(18)33)16-8-4-2-5-9-16/h2-12,14,19-20,29H,13H2,1H3,(H,30,34)/t19-,20-/m0/s1. The van der Waals surface area contributed by atoms with Gasteiger partial charge >= 0.3 is 6.18 Å². The number of carbonyl (C=O) groups excluding carboxylic acids is 1. The number of hydrogen-bond donors (Lipinski definition) is 2. The molecule has 1 aliphatic heterocycles. The maximum atomic E-state index is 13.9. The predicted octanol–water partition coefficient (Wildman–Crippen LogP) is 5.29. The second kappa shape index (κ2) is 8.36. The number of benzene rings is 2. The summed E-state index contributed by atoms with van der Waals surface area (Å²) in [5, 5.41) is 14.2. The molecule has 0 radical (unpaired) electrons. The van der Waals surface area contributed by atoms with Crippen LogP contribution in [0.1, 0.15) is 40.1 Å². The van der Waals surface area contributed by atoms with Crippen LogP contribution < -0.4 is 10.6 Å². The number of fused-ring (bicyclic) bond motifs is 1. The second-order valence-corrected chi connectivity index (χ2v) is 8.12. The number of rotatable bonds is 4. The first-order valence-corrected chi connectivity index (χ1v) is 10.7. The molecule has 2 atom stereocenters. The zero-order valence-corrected chi connectivity index (χ0v) is 18.1. The lowest BCUT2D eigenvalue weighted by atomic mass is 9.96. The third kappa shape index (κ3) is 4.02. The normalized spacial score (nSPS) is 17.6. The summed E-state index contributed by atoms with van der Waals surface area (Å²) in [7, 11) is 0. The van der Waals surface area contributed by atoms with Crippen LogP contribution in [0.5, 0.6) is 0 Å². The maximum absolute atomic E-state index is 13.9. The van der Waals surface area contributed by atoms with Gasteiger partial charge in [-0.25, -0.2) is 9.36 Å². The van der Waals surface area contributed by atoms with Gasteiger partial charge in [-0.15, -0.1) is 0 Å². The molecule has 174 valence electrons. The minimum absolute atomic E-state index is 0.0216. The molecule has 0 saturated carbocycles. The van der Waals surface area contributed by atoms with Gasteiger partial charge < -0.3 is 10.6 Å². The Labute approximate surface area is 193 Å². The Kier molecular flexibility index (Phi) is 5.35. The van der Waals surface area contributed by atoms with E-state index in [0.717, 1.165) is 10.4 Å². The van der Waals surface area contributed by atoms with E-state index in [1.165, 1.54) is 6.20 Å². The highest BCUT2D eigenvalue weighted by Gasteiger charge is 2.47. The summed E-state index contributed by atoms with van der Waals surface area (Å²) in [5.41, 5.74) is 2.14. The number of carbonyl (C=O) groups is 1. The molecular weight excluding hydrogens is 445 g/mol. The summed E-state index contributed by atoms with van der Waals surface area (Å²) in [6.45, 7) is 1.79. The average molecular weight is 466 g/mol. The maximum Gasteiger partial charge on any atom is 0.410 e. The topological polar surface area (TPSA) is 76.8 Å². The monoisotopic (exact) mass is 466 g/mol. The number of para-hydroxylation sites is 1. The third-order valence-corrected chi connectivity index (χ3v) is 5.76. The first-order valence-electron chi connectivity index (χ1n) is 10.7. The third-order valence-electron chi connectivity index (χ3n) is 5.76. The van der Waals surface area contributed by atoms with Crippen molar-refractivity contribution >= 4 is 17.5 Å². The van der Waals surface area contributed by atoms with E-state index >= 15 is 0 Å². The Balaban J connectivity index is 1.49. The summed E-state index contributed by atoms with van der Waals surface area (Å²) in [6, 6.07) is 17.3. The summed E-state index contributed by atoms with van der Waals surface area (Å²) in [4.78, 5) is 13.2. The molecule has 4 aromatic rings. The van der Waals surface area contributed by atoms with Crippen LogP contribution in [0.4, 0.5) is 24.8 Å². The largest absolute Gasteiger partial charge is 0.410 e. The van der Waals surface area contributed by atoms with E-state index in [0.29, 0.717) is 17.1 Å². The molecular formula is C24H21F3N6O. The first-order chi connectivity index (χ1) is 16.3. The molecule has 2 N–H and O–H groups in total. The van der Waals surface area contributed by atoms with Crippen molar-refractivity contribution in [3.8, 4) is 5.69 Å². The summed E-state index contributed by atoms with van der Waals surface area (Å²) in [6.07, 6.45) is -3.59. The Morgan fingerprint density at radius 3 is 2.44 bits per heavy atom. The molecule has 0 fully saturated rings. The van der Waals surface area contributed by atoms with Crippen LogP contribution in [-0.2, 0) is 0 Å². The van der Waals surface area contributed by atoms with Crippen LogP contribution in [0.2, 0.25) is 0 Å². The Morgan fingerprint density at radius 2 is 1.76 bits per heavy atom. The van der Waals surface area contributed by atoms with Gasteiger partial charge in [0.2, 0.25) is 0 Å². The van der Waals surface area contributed by atoms with Crippen LogP contribution in [0.3, 0.4) is 0 Å². The first kappa shape index (κ1) is 21.7. The number of nitrogens with one attached hydrogen (secondary N) is 2. The van der Waals surface area contributed by atoms with Crippen molar-refractivity contribution in [2.45, 2.75) is 31.6 Å². The van der Waals surface area contributed by atoms with Crippen LogP contribution in [0.15, 0.2) is 72.9 Å². The van der Waals surface area contributed by atoms with Gasteiger partial charge in [0.25, 0.3) is 5.91 Å². The van der Waals surface area contributed by atoms with E-state index in [1.807, 2.05) is 30.3 Å². The molecule has 0 bridgehead atoms. The van der Waals surface area contributed by atoms with Gasteiger partial charge in [0.15, 0.2) is 6.04 Å². The average Bonchev–Trinajstić information content (AvgIpc) is 3.42. The van der Waals surface area contributed by atoms with Crippen molar-refractivity contribution in [1.29, 1.82) is 0 Å². The highest BCUT2D eigenvalue weighted by molar-refractivity contribution is 6.07. The highest BCUT2D eigenvalue weighted by Crippen LogP contribution is 2.44. The summed E-state index contributed by atoms with van der Waals surface area (Å²) >= 11 is 0. The second-order valence-electron chi connectivity index (χ2n) is 8.12. The van der Waals surface area contributed by atoms with Gasteiger partial charge in [0.1, 0.15) is 17.2 Å². The van der Waals surface area contributed by atoms with Crippen LogP contribution in [-0.4, -0.2) is 31.6 Å². The fraction of sp³-hybridized carbons (Fsp3) is 0.208. The molecule has 7 nitrogen and oxygen atoms in total. The van der Waals surface area contributed by atoms with Gasteiger partial charge in [0.05, 0.1) is 23.6 Å². The number of aromatic nitrogens is 4. The van der Waals surface area contributed by atoms with Crippen molar-refractivity contribution in [3.05, 3.63) is 89.7 Å². The Bertz CT molecular complexity index is 1310. The molecule has 0 spiro atoms. The van der Waals surface area contributed by atoms with Crippen molar-refractivity contribution in [3.63, 3.8) is 0 Å². The van der Waals surface area contributed by atoms with Crippen molar-refractivity contribution in [1.82, 2.24) is 19.6 Å². The number of aryl methyl sites for hydroxylation is 1. The summed E-state index contributed by atoms with van der Waals surface area (Å²) in [5.74, 6) is -0.153. The van der Waals surface area contributed by atoms with E-state index < -0.39 is 24.2 Å². The molecule has 3 heterocycles. The molecule has 34 heavy (non-hydrogen) atoms. The van der Waals surface area contributed by atoms with E-state index in [1.54, 1.807) is 48.0 Å².